The Bertz CT molecular complexity index is 552. The lowest BCUT2D eigenvalue weighted by atomic mass is 10.3. The first-order chi connectivity index (χ1) is 9.99. The molecule has 0 spiro atoms. The second-order valence-corrected chi connectivity index (χ2v) is 6.93. The number of aromatic amines is 1. The van der Waals surface area contributed by atoms with Crippen LogP contribution in [0, 0.1) is 0 Å². The zero-order valence-corrected chi connectivity index (χ0v) is 12.7. The molecule has 1 saturated heterocycles. The average molecular weight is 316 g/mol. The zero-order valence-electron chi connectivity index (χ0n) is 11.9. The van der Waals surface area contributed by atoms with Crippen molar-refractivity contribution in [3.05, 3.63) is 18.2 Å². The highest BCUT2D eigenvalue weighted by Crippen LogP contribution is 2.09. The first kappa shape index (κ1) is 15.9. The fraction of sp³-hybridized carbons (Fsp3) is 0.667. The molecule has 1 unspecified atom stereocenters. The number of carbonyl (C=O) groups is 1. The lowest BCUT2D eigenvalue weighted by molar-refractivity contribution is -0.121. The van der Waals surface area contributed by atoms with Crippen LogP contribution in [0.4, 0.5) is 0 Å². The number of nitrogens with one attached hydrogen (secondary N) is 2. The Morgan fingerprint density at radius 3 is 2.86 bits per heavy atom. The van der Waals surface area contributed by atoms with Crippen LogP contribution in [0.1, 0.15) is 25.2 Å². The minimum absolute atomic E-state index is 0.0647. The number of nitrogens with zero attached hydrogens (tertiary/aromatic N) is 2. The van der Waals surface area contributed by atoms with Gasteiger partial charge in [0.1, 0.15) is 5.82 Å². The number of aromatic nitrogens is 2. The Morgan fingerprint density at radius 1 is 1.52 bits per heavy atom. The quantitative estimate of drug-likeness (QED) is 0.746. The minimum atomic E-state index is -3.40. The van der Waals surface area contributed by atoms with Crippen molar-refractivity contribution in [1.82, 2.24) is 19.6 Å². The molecule has 0 saturated carbocycles. The molecule has 1 amide bonds. The summed E-state index contributed by atoms with van der Waals surface area (Å²) in [4.78, 5) is 18.8. The molecule has 1 fully saturated rings. The number of H-pyrrole nitrogens is 1. The molecule has 0 aromatic carbocycles. The van der Waals surface area contributed by atoms with Gasteiger partial charge in [-0.05, 0) is 6.92 Å². The van der Waals surface area contributed by atoms with Crippen molar-refractivity contribution in [3.63, 3.8) is 0 Å². The fourth-order valence-corrected chi connectivity index (χ4v) is 3.48. The lowest BCUT2D eigenvalue weighted by Gasteiger charge is -2.26. The van der Waals surface area contributed by atoms with Crippen molar-refractivity contribution in [1.29, 1.82) is 0 Å². The molecule has 9 heteroatoms. The number of rotatable bonds is 6. The van der Waals surface area contributed by atoms with E-state index in [0.717, 1.165) is 0 Å². The van der Waals surface area contributed by atoms with Gasteiger partial charge in [-0.25, -0.2) is 13.4 Å². The smallest absolute Gasteiger partial charge is 0.221 e. The first-order valence-electron chi connectivity index (χ1n) is 6.83. The molecule has 118 valence electrons. The van der Waals surface area contributed by atoms with Gasteiger partial charge in [-0.1, -0.05) is 0 Å². The highest BCUT2D eigenvalue weighted by Gasteiger charge is 2.25. The summed E-state index contributed by atoms with van der Waals surface area (Å²) in [5, 5.41) is 2.72. The van der Waals surface area contributed by atoms with E-state index in [0.29, 0.717) is 32.1 Å². The van der Waals surface area contributed by atoms with Gasteiger partial charge < -0.3 is 15.0 Å². The van der Waals surface area contributed by atoms with Crippen molar-refractivity contribution in [2.75, 3.05) is 32.1 Å². The van der Waals surface area contributed by atoms with Crippen LogP contribution in [0.2, 0.25) is 0 Å². The van der Waals surface area contributed by atoms with Gasteiger partial charge in [0.25, 0.3) is 0 Å². The summed E-state index contributed by atoms with van der Waals surface area (Å²) in [6.07, 6.45) is 3.20. The molecular formula is C12H20N4O4S. The Kier molecular flexibility index (Phi) is 5.32. The molecule has 2 N–H and O–H groups in total. The van der Waals surface area contributed by atoms with Gasteiger partial charge in [0.15, 0.2) is 0 Å². The molecule has 1 aliphatic rings. The second kappa shape index (κ2) is 7.01. The molecule has 1 atom stereocenters. The summed E-state index contributed by atoms with van der Waals surface area (Å²) in [5.74, 6) is 0.138. The highest BCUT2D eigenvalue weighted by atomic mass is 32.2. The average Bonchev–Trinajstić information content (AvgIpc) is 3.00. The van der Waals surface area contributed by atoms with E-state index in [-0.39, 0.29) is 24.1 Å². The van der Waals surface area contributed by atoms with Crippen molar-refractivity contribution < 1.29 is 17.9 Å². The topological polar surface area (TPSA) is 104 Å². The molecule has 0 radical (unpaired) electrons. The molecule has 1 aromatic heterocycles. The maximum Gasteiger partial charge on any atom is 0.221 e. The number of hydrogen-bond acceptors (Lipinski definition) is 5. The van der Waals surface area contributed by atoms with E-state index in [9.17, 15) is 13.2 Å². The summed E-state index contributed by atoms with van der Waals surface area (Å²) >= 11 is 0. The number of imidazole rings is 1. The van der Waals surface area contributed by atoms with Crippen LogP contribution in [-0.4, -0.2) is 60.7 Å². The van der Waals surface area contributed by atoms with Crippen molar-refractivity contribution in [3.8, 4) is 0 Å². The van der Waals surface area contributed by atoms with Gasteiger partial charge in [0.2, 0.25) is 15.9 Å². The predicted molar refractivity (Wildman–Crippen MR) is 75.9 cm³/mol. The second-order valence-electron chi connectivity index (χ2n) is 4.84. The predicted octanol–water partition coefficient (Wildman–Crippen LogP) is -0.361. The summed E-state index contributed by atoms with van der Waals surface area (Å²) in [7, 11) is -3.40. The Morgan fingerprint density at radius 2 is 2.24 bits per heavy atom. The standard InChI is InChI=1S/C12H20N4O4S/c1-10(12-13-3-4-14-12)15-11(17)2-9-21(18,19)16-5-7-20-8-6-16/h3-4,10H,2,5-9H2,1H3,(H,13,14)(H,15,17). The Labute approximate surface area is 123 Å². The zero-order chi connectivity index (χ0) is 15.3. The number of hydrogen-bond donors (Lipinski definition) is 2. The van der Waals surface area contributed by atoms with E-state index in [1.165, 1.54) is 4.31 Å². The van der Waals surface area contributed by atoms with E-state index < -0.39 is 10.0 Å². The molecule has 21 heavy (non-hydrogen) atoms. The van der Waals surface area contributed by atoms with E-state index in [2.05, 4.69) is 15.3 Å². The van der Waals surface area contributed by atoms with Crippen LogP contribution in [-0.2, 0) is 19.6 Å². The van der Waals surface area contributed by atoms with Gasteiger partial charge in [-0.2, -0.15) is 4.31 Å². The third kappa shape index (κ3) is 4.51. The molecule has 2 rings (SSSR count). The van der Waals surface area contributed by atoms with Crippen LogP contribution < -0.4 is 5.32 Å². The largest absolute Gasteiger partial charge is 0.379 e. The number of amides is 1. The summed E-state index contributed by atoms with van der Waals surface area (Å²) < 4.78 is 30.6. The lowest BCUT2D eigenvalue weighted by Crippen LogP contribution is -2.42. The molecule has 1 aliphatic heterocycles. The van der Waals surface area contributed by atoms with Crippen molar-refractivity contribution in [2.24, 2.45) is 0 Å². The maximum atomic E-state index is 12.1. The SMILES string of the molecule is CC(NC(=O)CCS(=O)(=O)N1CCOCC1)c1ncc[nH]1. The number of morpholine rings is 1. The minimum Gasteiger partial charge on any atom is -0.379 e. The summed E-state index contributed by atoms with van der Waals surface area (Å²) in [6.45, 7) is 3.30. The fourth-order valence-electron chi connectivity index (χ4n) is 2.07. The summed E-state index contributed by atoms with van der Waals surface area (Å²) in [6, 6.07) is -0.279. The van der Waals surface area contributed by atoms with Crippen LogP contribution in [0.5, 0.6) is 0 Å². The first-order valence-corrected chi connectivity index (χ1v) is 8.44. The van der Waals surface area contributed by atoms with Crippen molar-refractivity contribution in [2.45, 2.75) is 19.4 Å². The molecule has 0 bridgehead atoms. The van der Waals surface area contributed by atoms with Gasteiger partial charge in [0.05, 0.1) is 25.0 Å². The van der Waals surface area contributed by atoms with Crippen LogP contribution in [0.3, 0.4) is 0 Å². The third-order valence-electron chi connectivity index (χ3n) is 3.26. The number of carbonyl (C=O) groups excluding carboxylic acids is 1. The van der Waals surface area contributed by atoms with E-state index >= 15 is 0 Å². The van der Waals surface area contributed by atoms with Gasteiger partial charge >= 0.3 is 0 Å². The third-order valence-corrected chi connectivity index (χ3v) is 5.13. The molecule has 1 aromatic rings. The molecule has 0 aliphatic carbocycles. The molecule has 2 heterocycles. The normalized spacial score (nSPS) is 18.3. The van der Waals surface area contributed by atoms with Crippen molar-refractivity contribution >= 4 is 15.9 Å². The monoisotopic (exact) mass is 316 g/mol. The van der Waals surface area contributed by atoms with Gasteiger partial charge in [-0.15, -0.1) is 0 Å². The van der Waals surface area contributed by atoms with E-state index in [1.54, 1.807) is 19.3 Å². The maximum absolute atomic E-state index is 12.1. The Balaban J connectivity index is 1.80. The van der Waals surface area contributed by atoms with E-state index in [4.69, 9.17) is 4.74 Å². The number of sulfonamides is 1. The molecular weight excluding hydrogens is 296 g/mol. The van der Waals surface area contributed by atoms with Gasteiger partial charge in [-0.3, -0.25) is 4.79 Å². The molecule has 8 nitrogen and oxygen atoms in total. The van der Waals surface area contributed by atoms with Gasteiger partial charge in [0, 0.05) is 31.9 Å². The van der Waals surface area contributed by atoms with Crippen LogP contribution in [0.15, 0.2) is 12.4 Å². The van der Waals surface area contributed by atoms with Crippen LogP contribution in [0.25, 0.3) is 0 Å². The van der Waals surface area contributed by atoms with Crippen LogP contribution >= 0.6 is 0 Å². The highest BCUT2D eigenvalue weighted by molar-refractivity contribution is 7.89. The number of ether oxygens (including phenoxy) is 1. The summed E-state index contributed by atoms with van der Waals surface area (Å²) in [5.41, 5.74) is 0. The Hall–Kier alpha value is -1.45. The van der Waals surface area contributed by atoms with E-state index in [1.807, 2.05) is 0 Å².